The highest BCUT2D eigenvalue weighted by Crippen LogP contribution is 2.14. The summed E-state index contributed by atoms with van der Waals surface area (Å²) in [6.45, 7) is 11.1. The van der Waals surface area contributed by atoms with E-state index in [1.54, 1.807) is 0 Å². The molecule has 0 radical (unpaired) electrons. The van der Waals surface area contributed by atoms with Crippen LogP contribution in [0.15, 0.2) is 29.3 Å². The van der Waals surface area contributed by atoms with E-state index in [0.29, 0.717) is 19.8 Å². The van der Waals surface area contributed by atoms with Gasteiger partial charge in [0, 0.05) is 39.3 Å². The molecule has 2 fully saturated rings. The van der Waals surface area contributed by atoms with Gasteiger partial charge < -0.3 is 24.8 Å². The molecule has 2 saturated heterocycles. The summed E-state index contributed by atoms with van der Waals surface area (Å²) in [7, 11) is 0. The Morgan fingerprint density at radius 2 is 1.97 bits per heavy atom. The van der Waals surface area contributed by atoms with Crippen LogP contribution >= 0.6 is 24.0 Å². The zero-order valence-corrected chi connectivity index (χ0v) is 20.4. The molecule has 0 aliphatic carbocycles. The van der Waals surface area contributed by atoms with Gasteiger partial charge in [-0.1, -0.05) is 24.3 Å². The Kier molecular flexibility index (Phi) is 12.6. The van der Waals surface area contributed by atoms with Crippen molar-refractivity contribution in [2.75, 3.05) is 59.2 Å². The predicted molar refractivity (Wildman–Crippen MR) is 131 cm³/mol. The molecule has 0 amide bonds. The van der Waals surface area contributed by atoms with Gasteiger partial charge in [-0.25, -0.2) is 4.99 Å². The summed E-state index contributed by atoms with van der Waals surface area (Å²) < 4.78 is 16.8. The summed E-state index contributed by atoms with van der Waals surface area (Å²) in [5.41, 5.74) is 2.61. The van der Waals surface area contributed by atoms with E-state index in [1.807, 2.05) is 0 Å². The summed E-state index contributed by atoms with van der Waals surface area (Å²) in [4.78, 5) is 7.23. The van der Waals surface area contributed by atoms with E-state index in [4.69, 9.17) is 19.2 Å². The number of aliphatic imine (C=N–C) groups is 1. The first-order valence-corrected chi connectivity index (χ1v) is 10.9. The lowest BCUT2D eigenvalue weighted by Gasteiger charge is -2.27. The summed E-state index contributed by atoms with van der Waals surface area (Å²) in [5, 5.41) is 6.68. The third-order valence-electron chi connectivity index (χ3n) is 5.23. The van der Waals surface area contributed by atoms with Crippen molar-refractivity contribution in [1.29, 1.82) is 0 Å². The third-order valence-corrected chi connectivity index (χ3v) is 5.23. The lowest BCUT2D eigenvalue weighted by molar-refractivity contribution is 0.0191. The lowest BCUT2D eigenvalue weighted by Crippen LogP contribution is -2.39. The minimum Gasteiger partial charge on any atom is -0.379 e. The van der Waals surface area contributed by atoms with Gasteiger partial charge in [0.25, 0.3) is 0 Å². The molecule has 0 aromatic heterocycles. The fourth-order valence-electron chi connectivity index (χ4n) is 3.60. The van der Waals surface area contributed by atoms with E-state index in [0.717, 1.165) is 71.3 Å². The molecule has 1 atom stereocenters. The number of morpholine rings is 1. The highest BCUT2D eigenvalue weighted by molar-refractivity contribution is 14.0. The van der Waals surface area contributed by atoms with Gasteiger partial charge in [0.2, 0.25) is 0 Å². The molecule has 2 heterocycles. The standard InChI is InChI=1S/C22H36N4O3.HI/c1-2-23-22(24-9-13-28-18-21-8-5-12-29-21)25-16-19-6-3-4-7-20(19)17-26-10-14-27-15-11-26;/h3-4,6-7,21H,2,5,8-18H2,1H3,(H2,23,24,25);1H. The van der Waals surface area contributed by atoms with Crippen LogP contribution < -0.4 is 10.6 Å². The number of halogens is 1. The van der Waals surface area contributed by atoms with Gasteiger partial charge >= 0.3 is 0 Å². The first-order chi connectivity index (χ1) is 14.3. The molecule has 0 bridgehead atoms. The first kappa shape index (κ1) is 25.3. The lowest BCUT2D eigenvalue weighted by atomic mass is 10.1. The highest BCUT2D eigenvalue weighted by atomic mass is 127. The van der Waals surface area contributed by atoms with Gasteiger partial charge in [-0.05, 0) is 30.9 Å². The maximum absolute atomic E-state index is 5.73. The minimum absolute atomic E-state index is 0. The fraction of sp³-hybridized carbons (Fsp3) is 0.682. The van der Waals surface area contributed by atoms with Crippen LogP contribution in [0.1, 0.15) is 30.9 Å². The van der Waals surface area contributed by atoms with Crippen LogP contribution in [-0.4, -0.2) is 76.2 Å². The number of ether oxygens (including phenoxy) is 3. The summed E-state index contributed by atoms with van der Waals surface area (Å²) in [5.74, 6) is 0.828. The number of benzene rings is 1. The van der Waals surface area contributed by atoms with Crippen molar-refractivity contribution in [1.82, 2.24) is 15.5 Å². The molecule has 2 aliphatic heterocycles. The number of guanidine groups is 1. The molecule has 30 heavy (non-hydrogen) atoms. The average molecular weight is 532 g/mol. The monoisotopic (exact) mass is 532 g/mol. The number of hydrogen-bond donors (Lipinski definition) is 2. The summed E-state index contributed by atoms with van der Waals surface area (Å²) in [6, 6.07) is 8.58. The molecule has 3 rings (SSSR count). The molecule has 0 spiro atoms. The quantitative estimate of drug-likeness (QED) is 0.209. The molecule has 1 unspecified atom stereocenters. The topological polar surface area (TPSA) is 67.4 Å². The van der Waals surface area contributed by atoms with Crippen molar-refractivity contribution in [2.24, 2.45) is 4.99 Å². The van der Waals surface area contributed by atoms with Gasteiger partial charge in [-0.2, -0.15) is 0 Å². The van der Waals surface area contributed by atoms with E-state index >= 15 is 0 Å². The van der Waals surface area contributed by atoms with Crippen molar-refractivity contribution < 1.29 is 14.2 Å². The Balaban J connectivity index is 0.00000320. The number of rotatable bonds is 10. The van der Waals surface area contributed by atoms with E-state index in [-0.39, 0.29) is 30.1 Å². The maximum Gasteiger partial charge on any atom is 0.191 e. The summed E-state index contributed by atoms with van der Waals surface area (Å²) in [6.07, 6.45) is 2.54. The molecule has 1 aromatic rings. The molecular formula is C22H37IN4O3. The van der Waals surface area contributed by atoms with Crippen LogP contribution in [0, 0.1) is 0 Å². The zero-order valence-electron chi connectivity index (χ0n) is 18.1. The molecule has 170 valence electrons. The van der Waals surface area contributed by atoms with Crippen LogP contribution in [-0.2, 0) is 27.3 Å². The second kappa shape index (κ2) is 15.0. The van der Waals surface area contributed by atoms with E-state index in [2.05, 4.69) is 46.7 Å². The first-order valence-electron chi connectivity index (χ1n) is 10.9. The molecule has 2 aliphatic rings. The second-order valence-electron chi connectivity index (χ2n) is 7.49. The number of hydrogen-bond acceptors (Lipinski definition) is 5. The van der Waals surface area contributed by atoms with Gasteiger partial charge in [-0.3, -0.25) is 4.90 Å². The van der Waals surface area contributed by atoms with Crippen molar-refractivity contribution in [3.63, 3.8) is 0 Å². The molecule has 2 N–H and O–H groups in total. The van der Waals surface area contributed by atoms with Crippen LogP contribution in [0.4, 0.5) is 0 Å². The Labute approximate surface area is 197 Å². The van der Waals surface area contributed by atoms with Gasteiger partial charge in [0.05, 0.1) is 39.1 Å². The molecule has 7 nitrogen and oxygen atoms in total. The van der Waals surface area contributed by atoms with Gasteiger partial charge in [-0.15, -0.1) is 24.0 Å². The molecular weight excluding hydrogens is 495 g/mol. The van der Waals surface area contributed by atoms with Gasteiger partial charge in [0.15, 0.2) is 5.96 Å². The Morgan fingerprint density at radius 1 is 1.17 bits per heavy atom. The predicted octanol–water partition coefficient (Wildman–Crippen LogP) is 2.39. The summed E-state index contributed by atoms with van der Waals surface area (Å²) >= 11 is 0. The largest absolute Gasteiger partial charge is 0.379 e. The molecule has 0 saturated carbocycles. The maximum atomic E-state index is 5.73. The van der Waals surface area contributed by atoms with Crippen LogP contribution in [0.5, 0.6) is 0 Å². The van der Waals surface area contributed by atoms with Crippen molar-refractivity contribution >= 4 is 29.9 Å². The van der Waals surface area contributed by atoms with E-state index < -0.39 is 0 Å². The smallest absolute Gasteiger partial charge is 0.191 e. The Hall–Kier alpha value is -0.940. The molecule has 1 aromatic carbocycles. The fourth-order valence-corrected chi connectivity index (χ4v) is 3.60. The SMILES string of the molecule is CCNC(=NCc1ccccc1CN1CCOCC1)NCCOCC1CCCO1.I. The minimum atomic E-state index is 0. The van der Waals surface area contributed by atoms with Crippen LogP contribution in [0.3, 0.4) is 0 Å². The third kappa shape index (κ3) is 9.05. The van der Waals surface area contributed by atoms with E-state index in [9.17, 15) is 0 Å². The van der Waals surface area contributed by atoms with Crippen molar-refractivity contribution in [3.05, 3.63) is 35.4 Å². The van der Waals surface area contributed by atoms with Crippen LogP contribution in [0.2, 0.25) is 0 Å². The molecule has 8 heteroatoms. The number of nitrogens with zero attached hydrogens (tertiary/aromatic N) is 2. The zero-order chi connectivity index (χ0) is 20.2. The van der Waals surface area contributed by atoms with Crippen molar-refractivity contribution in [3.8, 4) is 0 Å². The Morgan fingerprint density at radius 3 is 2.70 bits per heavy atom. The van der Waals surface area contributed by atoms with Crippen LogP contribution in [0.25, 0.3) is 0 Å². The average Bonchev–Trinajstić information content (AvgIpc) is 3.27. The second-order valence-corrected chi connectivity index (χ2v) is 7.49. The van der Waals surface area contributed by atoms with Gasteiger partial charge in [0.1, 0.15) is 0 Å². The number of nitrogens with one attached hydrogen (secondary N) is 2. The van der Waals surface area contributed by atoms with Crippen molar-refractivity contribution in [2.45, 2.75) is 39.0 Å². The normalized spacial score (nSPS) is 20.0. The highest BCUT2D eigenvalue weighted by Gasteiger charge is 2.15. The van der Waals surface area contributed by atoms with E-state index in [1.165, 1.54) is 11.1 Å². The Bertz CT molecular complexity index is 620.